The number of urea groups is 1. The van der Waals surface area contributed by atoms with Crippen LogP contribution in [0.2, 0.25) is 0 Å². The minimum absolute atomic E-state index is 0.150. The van der Waals surface area contributed by atoms with Gasteiger partial charge in [-0.05, 0) is 24.6 Å². The van der Waals surface area contributed by atoms with Crippen molar-refractivity contribution >= 4 is 6.03 Å². The predicted octanol–water partition coefficient (Wildman–Crippen LogP) is 1.43. The quantitative estimate of drug-likeness (QED) is 0.887. The van der Waals surface area contributed by atoms with Crippen LogP contribution in [0, 0.1) is 11.6 Å². The van der Waals surface area contributed by atoms with E-state index >= 15 is 0 Å². The molecule has 2 amide bonds. The maximum atomic E-state index is 13.2. The summed E-state index contributed by atoms with van der Waals surface area (Å²) in [6.07, 6.45) is -0.386. The molecule has 1 aliphatic heterocycles. The highest BCUT2D eigenvalue weighted by Crippen LogP contribution is 2.16. The van der Waals surface area contributed by atoms with Crippen LogP contribution in [0.1, 0.15) is 18.5 Å². The predicted molar refractivity (Wildman–Crippen MR) is 71.7 cm³/mol. The number of ether oxygens (including phenoxy) is 1. The van der Waals surface area contributed by atoms with Crippen molar-refractivity contribution in [3.05, 3.63) is 35.4 Å². The number of benzene rings is 1. The molecule has 0 radical (unpaired) electrons. The number of rotatable bonds is 3. The SMILES string of the molecule is CC(NC(=O)N1CCOC(CO)C1)c1ccc(F)c(F)c1. The lowest BCUT2D eigenvalue weighted by atomic mass is 10.1. The highest BCUT2D eigenvalue weighted by atomic mass is 19.2. The van der Waals surface area contributed by atoms with Crippen LogP contribution < -0.4 is 5.32 Å². The molecule has 116 valence electrons. The Hall–Kier alpha value is -1.73. The number of halogens is 2. The number of morpholine rings is 1. The molecule has 0 aliphatic carbocycles. The molecule has 0 saturated carbocycles. The molecule has 0 spiro atoms. The number of hydrogen-bond acceptors (Lipinski definition) is 3. The van der Waals surface area contributed by atoms with Crippen molar-refractivity contribution in [2.24, 2.45) is 0 Å². The summed E-state index contributed by atoms with van der Waals surface area (Å²) in [6.45, 7) is 2.62. The summed E-state index contributed by atoms with van der Waals surface area (Å²) in [6, 6.07) is 2.75. The number of carbonyl (C=O) groups excluding carboxylic acids is 1. The van der Waals surface area contributed by atoms with Crippen LogP contribution in [0.15, 0.2) is 18.2 Å². The number of aliphatic hydroxyl groups is 1. The topological polar surface area (TPSA) is 61.8 Å². The van der Waals surface area contributed by atoms with Gasteiger partial charge in [-0.15, -0.1) is 0 Å². The van der Waals surface area contributed by atoms with Gasteiger partial charge in [-0.2, -0.15) is 0 Å². The van der Waals surface area contributed by atoms with Crippen LogP contribution in [-0.4, -0.2) is 48.4 Å². The maximum absolute atomic E-state index is 13.2. The lowest BCUT2D eigenvalue weighted by Gasteiger charge is -2.33. The first-order valence-corrected chi connectivity index (χ1v) is 6.74. The van der Waals surface area contributed by atoms with Gasteiger partial charge in [-0.3, -0.25) is 0 Å². The number of nitrogens with zero attached hydrogens (tertiary/aromatic N) is 1. The van der Waals surface area contributed by atoms with E-state index in [0.717, 1.165) is 12.1 Å². The number of amides is 2. The fourth-order valence-corrected chi connectivity index (χ4v) is 2.16. The maximum Gasteiger partial charge on any atom is 0.318 e. The Morgan fingerprint density at radius 1 is 1.52 bits per heavy atom. The summed E-state index contributed by atoms with van der Waals surface area (Å²) < 4.78 is 31.3. The average molecular weight is 300 g/mol. The molecule has 7 heteroatoms. The molecule has 2 rings (SSSR count). The van der Waals surface area contributed by atoms with E-state index in [9.17, 15) is 13.6 Å². The monoisotopic (exact) mass is 300 g/mol. The zero-order valence-corrected chi connectivity index (χ0v) is 11.7. The van der Waals surface area contributed by atoms with Crippen LogP contribution in [0.25, 0.3) is 0 Å². The van der Waals surface area contributed by atoms with Gasteiger partial charge in [-0.1, -0.05) is 6.07 Å². The van der Waals surface area contributed by atoms with Gasteiger partial charge in [0.15, 0.2) is 11.6 Å². The van der Waals surface area contributed by atoms with Gasteiger partial charge < -0.3 is 20.1 Å². The van der Waals surface area contributed by atoms with E-state index in [2.05, 4.69) is 5.32 Å². The number of nitrogens with one attached hydrogen (secondary N) is 1. The molecule has 1 aliphatic rings. The smallest absolute Gasteiger partial charge is 0.318 e. The van der Waals surface area contributed by atoms with Gasteiger partial charge in [0.1, 0.15) is 0 Å². The Labute approximate surface area is 121 Å². The lowest BCUT2D eigenvalue weighted by molar-refractivity contribution is -0.0404. The fraction of sp³-hybridized carbons (Fsp3) is 0.500. The highest BCUT2D eigenvalue weighted by Gasteiger charge is 2.24. The number of carbonyl (C=O) groups is 1. The third kappa shape index (κ3) is 3.89. The van der Waals surface area contributed by atoms with Crippen molar-refractivity contribution in [1.29, 1.82) is 0 Å². The van der Waals surface area contributed by atoms with Crippen LogP contribution in [0.4, 0.5) is 13.6 Å². The molecule has 1 aromatic carbocycles. The molecular formula is C14H18F2N2O3. The molecule has 2 atom stereocenters. The summed E-state index contributed by atoms with van der Waals surface area (Å²) in [5, 5.41) is 11.8. The van der Waals surface area contributed by atoms with Crippen molar-refractivity contribution < 1.29 is 23.4 Å². The first kappa shape index (κ1) is 15.7. The molecule has 2 N–H and O–H groups in total. The summed E-state index contributed by atoms with van der Waals surface area (Å²) in [5.41, 5.74) is 0.481. The minimum atomic E-state index is -0.944. The summed E-state index contributed by atoms with van der Waals surface area (Å²) >= 11 is 0. The second-order valence-electron chi connectivity index (χ2n) is 4.97. The summed E-state index contributed by atoms with van der Waals surface area (Å²) in [7, 11) is 0. The molecule has 1 saturated heterocycles. The zero-order chi connectivity index (χ0) is 15.4. The molecule has 0 aromatic heterocycles. The van der Waals surface area contributed by atoms with Gasteiger partial charge >= 0.3 is 6.03 Å². The molecule has 1 aromatic rings. The Morgan fingerprint density at radius 2 is 2.29 bits per heavy atom. The highest BCUT2D eigenvalue weighted by molar-refractivity contribution is 5.74. The molecule has 1 heterocycles. The van der Waals surface area contributed by atoms with Crippen LogP contribution in [0.3, 0.4) is 0 Å². The molecular weight excluding hydrogens is 282 g/mol. The average Bonchev–Trinajstić information content (AvgIpc) is 2.49. The Morgan fingerprint density at radius 3 is 2.95 bits per heavy atom. The van der Waals surface area contributed by atoms with Gasteiger partial charge in [0.05, 0.1) is 31.9 Å². The Bertz CT molecular complexity index is 513. The molecule has 0 bridgehead atoms. The Kier molecular flexibility index (Phi) is 5.08. The van der Waals surface area contributed by atoms with E-state index in [1.54, 1.807) is 6.92 Å². The first-order valence-electron chi connectivity index (χ1n) is 6.74. The van der Waals surface area contributed by atoms with Crippen LogP contribution in [-0.2, 0) is 4.74 Å². The van der Waals surface area contributed by atoms with Crippen molar-refractivity contribution in [1.82, 2.24) is 10.2 Å². The Balaban J connectivity index is 1.96. The molecule has 21 heavy (non-hydrogen) atoms. The van der Waals surface area contributed by atoms with Gasteiger partial charge in [0, 0.05) is 6.54 Å². The van der Waals surface area contributed by atoms with Crippen molar-refractivity contribution in [2.45, 2.75) is 19.1 Å². The third-order valence-corrected chi connectivity index (χ3v) is 3.41. The number of aliphatic hydroxyl groups excluding tert-OH is 1. The van der Waals surface area contributed by atoms with E-state index in [0.29, 0.717) is 25.3 Å². The van der Waals surface area contributed by atoms with Crippen molar-refractivity contribution in [3.63, 3.8) is 0 Å². The second-order valence-corrected chi connectivity index (χ2v) is 4.97. The largest absolute Gasteiger partial charge is 0.394 e. The van der Waals surface area contributed by atoms with Crippen LogP contribution >= 0.6 is 0 Å². The van der Waals surface area contributed by atoms with Gasteiger partial charge in [0.25, 0.3) is 0 Å². The van der Waals surface area contributed by atoms with Crippen LogP contribution in [0.5, 0.6) is 0 Å². The van der Waals surface area contributed by atoms with Gasteiger partial charge in [0.2, 0.25) is 0 Å². The molecule has 1 fully saturated rings. The van der Waals surface area contributed by atoms with Gasteiger partial charge in [-0.25, -0.2) is 13.6 Å². The van der Waals surface area contributed by atoms with Crippen molar-refractivity contribution in [3.8, 4) is 0 Å². The normalized spacial score (nSPS) is 20.2. The summed E-state index contributed by atoms with van der Waals surface area (Å²) in [4.78, 5) is 13.6. The standard InChI is InChI=1S/C14H18F2N2O3/c1-9(10-2-3-12(15)13(16)6-10)17-14(20)18-4-5-21-11(7-18)8-19/h2-3,6,9,11,19H,4-5,7-8H2,1H3,(H,17,20). The zero-order valence-electron chi connectivity index (χ0n) is 11.7. The fourth-order valence-electron chi connectivity index (χ4n) is 2.16. The molecule has 5 nitrogen and oxygen atoms in total. The van der Waals surface area contributed by atoms with E-state index < -0.39 is 17.7 Å². The van der Waals surface area contributed by atoms with Crippen molar-refractivity contribution in [2.75, 3.05) is 26.3 Å². The van der Waals surface area contributed by atoms with E-state index in [-0.39, 0.29) is 18.7 Å². The first-order chi connectivity index (χ1) is 10.0. The summed E-state index contributed by atoms with van der Waals surface area (Å²) in [5.74, 6) is -1.86. The third-order valence-electron chi connectivity index (χ3n) is 3.41. The van der Waals surface area contributed by atoms with E-state index in [4.69, 9.17) is 9.84 Å². The molecule has 2 unspecified atom stereocenters. The minimum Gasteiger partial charge on any atom is -0.394 e. The second kappa shape index (κ2) is 6.82. The van der Waals surface area contributed by atoms with E-state index in [1.807, 2.05) is 0 Å². The van der Waals surface area contributed by atoms with E-state index in [1.165, 1.54) is 11.0 Å². The number of hydrogen-bond donors (Lipinski definition) is 2. The lowest BCUT2D eigenvalue weighted by Crippen LogP contribution is -2.50.